The van der Waals surface area contributed by atoms with E-state index in [1.165, 1.54) is 6.07 Å². The summed E-state index contributed by atoms with van der Waals surface area (Å²) >= 11 is 0. The first-order valence-electron chi connectivity index (χ1n) is 11.5. The van der Waals surface area contributed by atoms with Crippen LogP contribution in [0.5, 0.6) is 0 Å². The molecule has 8 heteroatoms. The number of amides is 3. The molecular formula is C25H30FN5O2. The molecule has 0 unspecified atom stereocenters. The van der Waals surface area contributed by atoms with E-state index in [1.54, 1.807) is 33.9 Å². The van der Waals surface area contributed by atoms with Gasteiger partial charge < -0.3 is 19.6 Å². The van der Waals surface area contributed by atoms with Gasteiger partial charge >= 0.3 is 6.03 Å². The fourth-order valence-electron chi connectivity index (χ4n) is 5.08. The highest BCUT2D eigenvalue weighted by molar-refractivity contribution is 6.08. The summed E-state index contributed by atoms with van der Waals surface area (Å²) in [6.07, 6.45) is 1.67. The van der Waals surface area contributed by atoms with Gasteiger partial charge in [0, 0.05) is 62.8 Å². The number of rotatable bonds is 4. The second kappa shape index (κ2) is 8.33. The molecule has 0 saturated carbocycles. The van der Waals surface area contributed by atoms with E-state index in [9.17, 15) is 9.59 Å². The van der Waals surface area contributed by atoms with Gasteiger partial charge in [-0.15, -0.1) is 0 Å². The molecule has 2 saturated heterocycles. The van der Waals surface area contributed by atoms with Crippen molar-refractivity contribution in [2.45, 2.75) is 18.9 Å². The van der Waals surface area contributed by atoms with Crippen LogP contribution in [0, 0.1) is 5.82 Å². The predicted octanol–water partition coefficient (Wildman–Crippen LogP) is 3.04. The number of hydrogen-bond donors (Lipinski definition) is 0. The Morgan fingerprint density at radius 2 is 1.70 bits per heavy atom. The molecule has 3 amide bonds. The molecule has 3 heterocycles. The van der Waals surface area contributed by atoms with E-state index in [-0.39, 0.29) is 17.8 Å². The molecule has 3 aliphatic rings. The molecule has 3 aliphatic heterocycles. The van der Waals surface area contributed by atoms with Crippen LogP contribution in [0.15, 0.2) is 36.4 Å². The van der Waals surface area contributed by atoms with Crippen molar-refractivity contribution in [2.75, 3.05) is 68.6 Å². The van der Waals surface area contributed by atoms with E-state index in [4.69, 9.17) is 0 Å². The van der Waals surface area contributed by atoms with E-state index < -0.39 is 0 Å². The molecule has 0 aromatic heterocycles. The SMILES string of the molecule is CN1CCN(c2ccc3c(c2)CCN(c2ccc(N4CC[C@@H](N(C)C)C4)c(F)c2)C3=O)C1=O. The van der Waals surface area contributed by atoms with Crippen molar-refractivity contribution in [3.8, 4) is 0 Å². The summed E-state index contributed by atoms with van der Waals surface area (Å²) in [6.45, 7) is 3.45. The molecule has 0 aliphatic carbocycles. The molecule has 1 atom stereocenters. The summed E-state index contributed by atoms with van der Waals surface area (Å²) in [5.74, 6) is -0.425. The lowest BCUT2D eigenvalue weighted by Gasteiger charge is -2.30. The Morgan fingerprint density at radius 3 is 2.36 bits per heavy atom. The second-order valence-corrected chi connectivity index (χ2v) is 9.39. The lowest BCUT2D eigenvalue weighted by Crippen LogP contribution is -2.38. The summed E-state index contributed by atoms with van der Waals surface area (Å²) in [5, 5.41) is 0. The van der Waals surface area contributed by atoms with Crippen LogP contribution < -0.4 is 14.7 Å². The van der Waals surface area contributed by atoms with Crippen molar-refractivity contribution >= 4 is 29.0 Å². The minimum atomic E-state index is -0.294. The van der Waals surface area contributed by atoms with Gasteiger partial charge in [0.05, 0.1) is 5.69 Å². The summed E-state index contributed by atoms with van der Waals surface area (Å²) in [7, 11) is 5.90. The summed E-state index contributed by atoms with van der Waals surface area (Å²) in [6, 6.07) is 11.1. The highest BCUT2D eigenvalue weighted by Gasteiger charge is 2.31. The maximum atomic E-state index is 15.1. The minimum absolute atomic E-state index is 0.0239. The zero-order valence-electron chi connectivity index (χ0n) is 19.4. The topological polar surface area (TPSA) is 50.3 Å². The Morgan fingerprint density at radius 1 is 0.939 bits per heavy atom. The maximum absolute atomic E-state index is 15.1. The Bertz CT molecular complexity index is 1100. The summed E-state index contributed by atoms with van der Waals surface area (Å²) < 4.78 is 15.1. The second-order valence-electron chi connectivity index (χ2n) is 9.39. The molecule has 2 fully saturated rings. The number of benzene rings is 2. The zero-order chi connectivity index (χ0) is 23.3. The smallest absolute Gasteiger partial charge is 0.324 e. The van der Waals surface area contributed by atoms with Crippen LogP contribution in [0.4, 0.5) is 26.2 Å². The van der Waals surface area contributed by atoms with Gasteiger partial charge in [-0.2, -0.15) is 0 Å². The molecule has 174 valence electrons. The van der Waals surface area contributed by atoms with E-state index in [2.05, 4.69) is 23.9 Å². The van der Waals surface area contributed by atoms with Gasteiger partial charge in [-0.25, -0.2) is 9.18 Å². The molecular weight excluding hydrogens is 421 g/mol. The number of likely N-dealkylation sites (N-methyl/N-ethyl adjacent to an activating group) is 2. The fraction of sp³-hybridized carbons (Fsp3) is 0.440. The van der Waals surface area contributed by atoms with Gasteiger partial charge in [-0.3, -0.25) is 9.69 Å². The zero-order valence-corrected chi connectivity index (χ0v) is 19.4. The van der Waals surface area contributed by atoms with E-state index in [1.807, 2.05) is 18.2 Å². The van der Waals surface area contributed by atoms with Gasteiger partial charge in [-0.1, -0.05) is 0 Å². The molecule has 0 bridgehead atoms. The van der Waals surface area contributed by atoms with Gasteiger partial charge in [0.2, 0.25) is 0 Å². The van der Waals surface area contributed by atoms with E-state index in [0.29, 0.717) is 49.0 Å². The number of halogens is 1. The first-order valence-corrected chi connectivity index (χ1v) is 11.5. The lowest BCUT2D eigenvalue weighted by atomic mass is 9.97. The number of carbonyl (C=O) groups is 2. The molecule has 7 nitrogen and oxygen atoms in total. The highest BCUT2D eigenvalue weighted by Crippen LogP contribution is 2.32. The number of hydrogen-bond acceptors (Lipinski definition) is 4. The van der Waals surface area contributed by atoms with Gasteiger partial charge in [0.25, 0.3) is 5.91 Å². The lowest BCUT2D eigenvalue weighted by molar-refractivity contribution is 0.0980. The number of urea groups is 1. The number of fused-ring (bicyclic) bond motifs is 1. The third-order valence-electron chi connectivity index (χ3n) is 7.17. The van der Waals surface area contributed by atoms with Crippen molar-refractivity contribution < 1.29 is 14.0 Å². The van der Waals surface area contributed by atoms with Crippen LogP contribution in [0.3, 0.4) is 0 Å². The number of nitrogens with zero attached hydrogens (tertiary/aromatic N) is 5. The van der Waals surface area contributed by atoms with E-state index >= 15 is 4.39 Å². The van der Waals surface area contributed by atoms with Crippen LogP contribution in [-0.4, -0.2) is 81.6 Å². The minimum Gasteiger partial charge on any atom is -0.368 e. The Kier molecular flexibility index (Phi) is 5.48. The molecule has 33 heavy (non-hydrogen) atoms. The molecule has 5 rings (SSSR count). The first kappa shape index (κ1) is 21.7. The molecule has 0 N–H and O–H groups in total. The van der Waals surface area contributed by atoms with Gasteiger partial charge in [-0.05, 0) is 68.9 Å². The largest absolute Gasteiger partial charge is 0.368 e. The third kappa shape index (κ3) is 3.82. The predicted molar refractivity (Wildman–Crippen MR) is 128 cm³/mol. The molecule has 0 radical (unpaired) electrons. The van der Waals surface area contributed by atoms with Gasteiger partial charge in [0.15, 0.2) is 0 Å². The maximum Gasteiger partial charge on any atom is 0.324 e. The Balaban J connectivity index is 1.34. The van der Waals surface area contributed by atoms with Crippen LogP contribution in [0.2, 0.25) is 0 Å². The van der Waals surface area contributed by atoms with Gasteiger partial charge in [0.1, 0.15) is 5.82 Å². The third-order valence-corrected chi connectivity index (χ3v) is 7.17. The average Bonchev–Trinajstić information content (AvgIpc) is 3.41. The normalized spacial score (nSPS) is 20.9. The highest BCUT2D eigenvalue weighted by atomic mass is 19.1. The summed E-state index contributed by atoms with van der Waals surface area (Å²) in [5.41, 5.74) is 3.54. The fourth-order valence-corrected chi connectivity index (χ4v) is 5.08. The Hall–Kier alpha value is -3.13. The number of carbonyl (C=O) groups excluding carboxylic acids is 2. The van der Waals surface area contributed by atoms with Crippen molar-refractivity contribution in [1.82, 2.24) is 9.80 Å². The van der Waals surface area contributed by atoms with Crippen molar-refractivity contribution in [3.05, 3.63) is 53.3 Å². The standard InChI is InChI=1S/C25H30FN5O2/c1-27(2)20-9-10-29(16-20)23-7-5-19(15-22(23)26)30-11-8-17-14-18(4-6-21(17)24(30)32)31-13-12-28(3)25(31)33/h4-7,14-15,20H,8-13,16H2,1-3H3/t20-/m1/s1. The van der Waals surface area contributed by atoms with Crippen LogP contribution in [0.25, 0.3) is 0 Å². The average molecular weight is 452 g/mol. The number of anilines is 3. The Labute approximate surface area is 194 Å². The van der Waals surface area contributed by atoms with Crippen molar-refractivity contribution in [3.63, 3.8) is 0 Å². The monoisotopic (exact) mass is 451 g/mol. The van der Waals surface area contributed by atoms with Crippen LogP contribution >= 0.6 is 0 Å². The molecule has 2 aromatic carbocycles. The van der Waals surface area contributed by atoms with Crippen molar-refractivity contribution in [1.29, 1.82) is 0 Å². The quantitative estimate of drug-likeness (QED) is 0.717. The van der Waals surface area contributed by atoms with Crippen LogP contribution in [-0.2, 0) is 6.42 Å². The summed E-state index contributed by atoms with van der Waals surface area (Å²) in [4.78, 5) is 34.9. The van der Waals surface area contributed by atoms with Crippen molar-refractivity contribution in [2.24, 2.45) is 0 Å². The molecule has 2 aromatic rings. The first-order chi connectivity index (χ1) is 15.8. The van der Waals surface area contributed by atoms with E-state index in [0.717, 1.165) is 30.8 Å². The van der Waals surface area contributed by atoms with Crippen LogP contribution in [0.1, 0.15) is 22.3 Å². The molecule has 0 spiro atoms.